The van der Waals surface area contributed by atoms with Crippen LogP contribution in [-0.2, 0) is 14.3 Å². The molecule has 1 saturated heterocycles. The minimum absolute atomic E-state index is 0.181. The van der Waals surface area contributed by atoms with E-state index in [9.17, 15) is 4.79 Å². The van der Waals surface area contributed by atoms with E-state index in [0.29, 0.717) is 13.0 Å². The Morgan fingerprint density at radius 2 is 2.50 bits per heavy atom. The van der Waals surface area contributed by atoms with Crippen LogP contribution >= 0.6 is 0 Å². The summed E-state index contributed by atoms with van der Waals surface area (Å²) < 4.78 is 10.1. The fourth-order valence-electron chi connectivity index (χ4n) is 1.06. The van der Waals surface area contributed by atoms with Gasteiger partial charge in [0.25, 0.3) is 0 Å². The van der Waals surface area contributed by atoms with Crippen molar-refractivity contribution in [3.8, 4) is 0 Å². The standard InChI is InChI=1S/C7H11O3/c1-9-6-2-3-10-7(4-6)5-8/h6-7H,2-4H2,1H3. The van der Waals surface area contributed by atoms with Crippen molar-refractivity contribution in [2.75, 3.05) is 13.7 Å². The second kappa shape index (κ2) is 3.68. The molecule has 57 valence electrons. The van der Waals surface area contributed by atoms with E-state index >= 15 is 0 Å². The van der Waals surface area contributed by atoms with Gasteiger partial charge in [0.05, 0.1) is 12.7 Å². The molecule has 3 nitrogen and oxygen atoms in total. The molecule has 0 aromatic rings. The van der Waals surface area contributed by atoms with Gasteiger partial charge in [-0.1, -0.05) is 0 Å². The number of ether oxygens (including phenoxy) is 2. The third-order valence-corrected chi connectivity index (χ3v) is 1.70. The highest BCUT2D eigenvalue weighted by molar-refractivity contribution is 5.57. The van der Waals surface area contributed by atoms with Crippen LogP contribution in [0.15, 0.2) is 0 Å². The Balaban J connectivity index is 2.31. The average molecular weight is 143 g/mol. The van der Waals surface area contributed by atoms with Crippen LogP contribution < -0.4 is 0 Å². The van der Waals surface area contributed by atoms with Gasteiger partial charge in [-0.25, -0.2) is 0 Å². The highest BCUT2D eigenvalue weighted by Gasteiger charge is 2.21. The number of rotatable bonds is 2. The summed E-state index contributed by atoms with van der Waals surface area (Å²) in [6, 6.07) is 0. The van der Waals surface area contributed by atoms with Gasteiger partial charge in [-0.2, -0.15) is 0 Å². The molecule has 0 bridgehead atoms. The fraction of sp³-hybridized carbons (Fsp3) is 0.857. The molecule has 1 aliphatic heterocycles. The van der Waals surface area contributed by atoms with Crippen LogP contribution in [0, 0.1) is 0 Å². The first kappa shape index (κ1) is 7.69. The lowest BCUT2D eigenvalue weighted by atomic mass is 10.1. The van der Waals surface area contributed by atoms with Gasteiger partial charge in [-0.15, -0.1) is 0 Å². The molecular weight excluding hydrogens is 132 g/mol. The Morgan fingerprint density at radius 1 is 1.70 bits per heavy atom. The van der Waals surface area contributed by atoms with E-state index in [-0.39, 0.29) is 12.2 Å². The molecular formula is C7H11O3. The number of hydrogen-bond acceptors (Lipinski definition) is 3. The first-order chi connectivity index (χ1) is 4.86. The van der Waals surface area contributed by atoms with Crippen LogP contribution in [0.2, 0.25) is 0 Å². The lowest BCUT2D eigenvalue weighted by Crippen LogP contribution is -2.30. The molecule has 0 N–H and O–H groups in total. The van der Waals surface area contributed by atoms with E-state index in [1.807, 2.05) is 6.29 Å². The number of carbonyl (C=O) groups excluding carboxylic acids is 1. The molecule has 1 radical (unpaired) electrons. The Morgan fingerprint density at radius 3 is 3.10 bits per heavy atom. The van der Waals surface area contributed by atoms with Gasteiger partial charge in [0.2, 0.25) is 6.29 Å². The highest BCUT2D eigenvalue weighted by atomic mass is 16.5. The van der Waals surface area contributed by atoms with Gasteiger partial charge >= 0.3 is 0 Å². The molecule has 3 heteroatoms. The zero-order valence-electron chi connectivity index (χ0n) is 6.00. The molecule has 10 heavy (non-hydrogen) atoms. The summed E-state index contributed by atoms with van der Waals surface area (Å²) in [6.45, 7) is 0.610. The third-order valence-electron chi connectivity index (χ3n) is 1.70. The van der Waals surface area contributed by atoms with E-state index in [4.69, 9.17) is 9.47 Å². The van der Waals surface area contributed by atoms with Gasteiger partial charge in [0.1, 0.15) is 6.10 Å². The smallest absolute Gasteiger partial charge is 0.229 e. The molecule has 0 spiro atoms. The van der Waals surface area contributed by atoms with Crippen molar-refractivity contribution in [3.05, 3.63) is 0 Å². The predicted molar refractivity (Wildman–Crippen MR) is 35.5 cm³/mol. The maximum Gasteiger partial charge on any atom is 0.229 e. The second-order valence-electron chi connectivity index (χ2n) is 2.36. The third kappa shape index (κ3) is 1.78. The van der Waals surface area contributed by atoms with E-state index in [1.165, 1.54) is 0 Å². The van der Waals surface area contributed by atoms with Crippen molar-refractivity contribution >= 4 is 6.29 Å². The molecule has 1 rings (SSSR count). The Kier molecular flexibility index (Phi) is 2.83. The molecule has 2 atom stereocenters. The largest absolute Gasteiger partial charge is 0.381 e. The molecule has 0 aromatic carbocycles. The van der Waals surface area contributed by atoms with Crippen LogP contribution in [0.3, 0.4) is 0 Å². The van der Waals surface area contributed by atoms with Crippen molar-refractivity contribution < 1.29 is 14.3 Å². The van der Waals surface area contributed by atoms with Crippen LogP contribution in [-0.4, -0.2) is 32.2 Å². The van der Waals surface area contributed by atoms with E-state index in [2.05, 4.69) is 0 Å². The zero-order valence-corrected chi connectivity index (χ0v) is 6.00. The van der Waals surface area contributed by atoms with Gasteiger partial charge in [-0.05, 0) is 6.42 Å². The summed E-state index contributed by atoms with van der Waals surface area (Å²) in [6.07, 6.45) is 3.17. The normalized spacial score (nSPS) is 33.7. The molecule has 0 aromatic heterocycles. The Bertz CT molecular complexity index is 113. The predicted octanol–water partition coefficient (Wildman–Crippen LogP) is 0.290. The lowest BCUT2D eigenvalue weighted by Gasteiger charge is -2.24. The van der Waals surface area contributed by atoms with E-state index in [1.54, 1.807) is 7.11 Å². The average Bonchev–Trinajstić information content (AvgIpc) is 2.05. The maximum atomic E-state index is 10.1. The minimum Gasteiger partial charge on any atom is -0.381 e. The van der Waals surface area contributed by atoms with Crippen LogP contribution in [0.5, 0.6) is 0 Å². The van der Waals surface area contributed by atoms with Gasteiger partial charge in [-0.3, -0.25) is 4.79 Å². The van der Waals surface area contributed by atoms with E-state index < -0.39 is 0 Å². The molecule has 1 fully saturated rings. The summed E-state index contributed by atoms with van der Waals surface area (Å²) in [5.41, 5.74) is 0. The molecule has 1 aliphatic rings. The molecule has 0 saturated carbocycles. The molecule has 0 amide bonds. The van der Waals surface area contributed by atoms with Crippen molar-refractivity contribution in [2.45, 2.75) is 25.0 Å². The summed E-state index contributed by atoms with van der Waals surface area (Å²) in [4.78, 5) is 10.1. The van der Waals surface area contributed by atoms with Gasteiger partial charge in [0, 0.05) is 13.5 Å². The summed E-state index contributed by atoms with van der Waals surface area (Å²) in [5.74, 6) is 0. The molecule has 1 heterocycles. The number of methoxy groups -OCH3 is 1. The lowest BCUT2D eigenvalue weighted by molar-refractivity contribution is -0.0325. The summed E-state index contributed by atoms with van der Waals surface area (Å²) in [5, 5.41) is 0. The summed E-state index contributed by atoms with van der Waals surface area (Å²) >= 11 is 0. The van der Waals surface area contributed by atoms with Crippen molar-refractivity contribution in [1.82, 2.24) is 0 Å². The SMILES string of the molecule is COC1CCOC([C]=O)C1. The van der Waals surface area contributed by atoms with Gasteiger partial charge < -0.3 is 9.47 Å². The fourth-order valence-corrected chi connectivity index (χ4v) is 1.06. The van der Waals surface area contributed by atoms with Crippen molar-refractivity contribution in [1.29, 1.82) is 0 Å². The quantitative estimate of drug-likeness (QED) is 0.557. The number of hydrogen-bond donors (Lipinski definition) is 0. The Labute approximate surface area is 60.3 Å². The van der Waals surface area contributed by atoms with Crippen LogP contribution in [0.4, 0.5) is 0 Å². The highest BCUT2D eigenvalue weighted by Crippen LogP contribution is 2.14. The maximum absolute atomic E-state index is 10.1. The topological polar surface area (TPSA) is 35.5 Å². The first-order valence-electron chi connectivity index (χ1n) is 3.39. The van der Waals surface area contributed by atoms with E-state index in [0.717, 1.165) is 6.42 Å². The monoisotopic (exact) mass is 143 g/mol. The van der Waals surface area contributed by atoms with Gasteiger partial charge in [0.15, 0.2) is 0 Å². The second-order valence-corrected chi connectivity index (χ2v) is 2.36. The summed E-state index contributed by atoms with van der Waals surface area (Å²) in [7, 11) is 1.65. The first-order valence-corrected chi connectivity index (χ1v) is 3.39. The minimum atomic E-state index is -0.362. The van der Waals surface area contributed by atoms with Crippen molar-refractivity contribution in [2.24, 2.45) is 0 Å². The molecule has 2 unspecified atom stereocenters. The zero-order chi connectivity index (χ0) is 7.40. The molecule has 0 aliphatic carbocycles. The Hall–Kier alpha value is -0.410. The van der Waals surface area contributed by atoms with Crippen LogP contribution in [0.25, 0.3) is 0 Å². The van der Waals surface area contributed by atoms with Crippen LogP contribution in [0.1, 0.15) is 12.8 Å². The van der Waals surface area contributed by atoms with Crippen molar-refractivity contribution in [3.63, 3.8) is 0 Å².